The molecule has 0 N–H and O–H groups in total. The molecule has 0 atom stereocenters. The number of aromatic nitrogens is 2. The molecule has 34 heavy (non-hydrogen) atoms. The zero-order valence-corrected chi connectivity index (χ0v) is 20.1. The van der Waals surface area contributed by atoms with Gasteiger partial charge in [0.05, 0.1) is 19.9 Å². The van der Waals surface area contributed by atoms with Crippen LogP contribution in [0.4, 0.5) is 5.82 Å². The van der Waals surface area contributed by atoms with Crippen LogP contribution < -0.4 is 19.9 Å². The zero-order chi connectivity index (χ0) is 24.2. The molecule has 8 nitrogen and oxygen atoms in total. The van der Waals surface area contributed by atoms with Crippen molar-refractivity contribution in [3.8, 4) is 17.2 Å². The molecule has 3 aromatic rings. The van der Waals surface area contributed by atoms with Crippen molar-refractivity contribution >= 4 is 11.7 Å². The van der Waals surface area contributed by atoms with Gasteiger partial charge < -0.3 is 19.3 Å². The van der Waals surface area contributed by atoms with Crippen molar-refractivity contribution in [2.45, 2.75) is 20.3 Å². The lowest BCUT2D eigenvalue weighted by Gasteiger charge is -2.23. The van der Waals surface area contributed by atoms with Crippen LogP contribution in [-0.4, -0.2) is 61.0 Å². The second kappa shape index (κ2) is 9.99. The number of rotatable bonds is 5. The molecule has 0 radical (unpaired) electrons. The molecule has 8 heteroatoms. The van der Waals surface area contributed by atoms with Crippen LogP contribution in [0.1, 0.15) is 27.9 Å². The predicted octanol–water partition coefficient (Wildman–Crippen LogP) is 3.22. The lowest BCUT2D eigenvalue weighted by Crippen LogP contribution is -2.36. The second-order valence-electron chi connectivity index (χ2n) is 8.41. The molecule has 0 aliphatic carbocycles. The summed E-state index contributed by atoms with van der Waals surface area (Å²) in [6.07, 6.45) is 0.795. The molecule has 4 rings (SSSR count). The van der Waals surface area contributed by atoms with Crippen molar-refractivity contribution in [3.05, 3.63) is 75.6 Å². The fraction of sp³-hybridized carbons (Fsp3) is 0.346. The van der Waals surface area contributed by atoms with Crippen molar-refractivity contribution in [1.82, 2.24) is 14.7 Å². The van der Waals surface area contributed by atoms with Crippen LogP contribution in [0.25, 0.3) is 5.69 Å². The number of ether oxygens (including phenoxy) is 2. The lowest BCUT2D eigenvalue weighted by atomic mass is 10.1. The Morgan fingerprint density at radius 3 is 2.38 bits per heavy atom. The van der Waals surface area contributed by atoms with Crippen molar-refractivity contribution in [2.75, 3.05) is 45.3 Å². The molecule has 0 spiro atoms. The van der Waals surface area contributed by atoms with Crippen LogP contribution >= 0.6 is 0 Å². The van der Waals surface area contributed by atoms with E-state index in [4.69, 9.17) is 9.47 Å². The van der Waals surface area contributed by atoms with Crippen LogP contribution in [0, 0.1) is 13.8 Å². The van der Waals surface area contributed by atoms with Crippen molar-refractivity contribution in [3.63, 3.8) is 0 Å². The van der Waals surface area contributed by atoms with E-state index in [-0.39, 0.29) is 11.5 Å². The molecule has 1 amide bonds. The van der Waals surface area contributed by atoms with Crippen LogP contribution in [0.5, 0.6) is 11.5 Å². The highest BCUT2D eigenvalue weighted by atomic mass is 16.5. The molecule has 1 aliphatic rings. The maximum Gasteiger partial charge on any atom is 0.271 e. The number of carbonyl (C=O) groups excluding carboxylic acids is 1. The number of hydrogen-bond donors (Lipinski definition) is 0. The molecule has 178 valence electrons. The smallest absolute Gasteiger partial charge is 0.271 e. The summed E-state index contributed by atoms with van der Waals surface area (Å²) in [4.78, 5) is 29.7. The molecule has 1 fully saturated rings. The van der Waals surface area contributed by atoms with E-state index in [0.29, 0.717) is 36.7 Å². The van der Waals surface area contributed by atoms with Gasteiger partial charge in [-0.3, -0.25) is 9.59 Å². The molecule has 1 aliphatic heterocycles. The number of aryl methyl sites for hydroxylation is 2. The fourth-order valence-corrected chi connectivity index (χ4v) is 4.11. The number of anilines is 1. The first-order valence-electron chi connectivity index (χ1n) is 11.4. The molecule has 1 saturated heterocycles. The minimum absolute atomic E-state index is 0.0455. The van der Waals surface area contributed by atoms with Gasteiger partial charge in [-0.05, 0) is 67.8 Å². The summed E-state index contributed by atoms with van der Waals surface area (Å²) in [5.41, 5.74) is 3.41. The Morgan fingerprint density at radius 2 is 1.65 bits per heavy atom. The van der Waals surface area contributed by atoms with E-state index in [0.717, 1.165) is 30.0 Å². The zero-order valence-electron chi connectivity index (χ0n) is 20.1. The normalized spacial score (nSPS) is 14.0. The molecule has 0 bridgehead atoms. The highest BCUT2D eigenvalue weighted by Crippen LogP contribution is 2.28. The Balaban J connectivity index is 1.52. The van der Waals surface area contributed by atoms with Gasteiger partial charge >= 0.3 is 0 Å². The van der Waals surface area contributed by atoms with E-state index < -0.39 is 0 Å². The monoisotopic (exact) mass is 462 g/mol. The van der Waals surface area contributed by atoms with E-state index in [9.17, 15) is 9.59 Å². The Morgan fingerprint density at radius 1 is 0.853 bits per heavy atom. The Bertz CT molecular complexity index is 1250. The molecule has 2 aromatic carbocycles. The Hall–Kier alpha value is -3.81. The number of nitrogens with zero attached hydrogens (tertiary/aromatic N) is 4. The van der Waals surface area contributed by atoms with Gasteiger partial charge in [-0.2, -0.15) is 4.68 Å². The first-order valence-corrected chi connectivity index (χ1v) is 11.4. The number of methoxy groups -OCH3 is 2. The Labute approximate surface area is 199 Å². The first kappa shape index (κ1) is 23.4. The van der Waals surface area contributed by atoms with Gasteiger partial charge in [0.2, 0.25) is 0 Å². The van der Waals surface area contributed by atoms with E-state index in [1.807, 2.05) is 36.9 Å². The number of amides is 1. The number of carbonyl (C=O) groups is 1. The number of hydrogen-bond acceptors (Lipinski definition) is 6. The van der Waals surface area contributed by atoms with Crippen molar-refractivity contribution in [2.24, 2.45) is 0 Å². The summed E-state index contributed by atoms with van der Waals surface area (Å²) >= 11 is 0. The number of benzene rings is 2. The van der Waals surface area contributed by atoms with Crippen LogP contribution in [-0.2, 0) is 0 Å². The average molecular weight is 463 g/mol. The third-order valence-corrected chi connectivity index (χ3v) is 6.26. The topological polar surface area (TPSA) is 76.9 Å². The molecular formula is C26H30N4O4. The van der Waals surface area contributed by atoms with Gasteiger partial charge in [0, 0.05) is 37.8 Å². The minimum Gasteiger partial charge on any atom is -0.493 e. The second-order valence-corrected chi connectivity index (χ2v) is 8.41. The minimum atomic E-state index is -0.174. The van der Waals surface area contributed by atoms with Crippen molar-refractivity contribution in [1.29, 1.82) is 0 Å². The average Bonchev–Trinajstić information content (AvgIpc) is 3.11. The van der Waals surface area contributed by atoms with Crippen LogP contribution in [0.3, 0.4) is 0 Å². The molecule has 1 aromatic heterocycles. The molecular weight excluding hydrogens is 432 g/mol. The summed E-state index contributed by atoms with van der Waals surface area (Å²) in [5.74, 6) is 1.79. The maximum absolute atomic E-state index is 13.2. The van der Waals surface area contributed by atoms with Gasteiger partial charge in [0.25, 0.3) is 11.5 Å². The third kappa shape index (κ3) is 4.76. The summed E-state index contributed by atoms with van der Waals surface area (Å²) in [6, 6.07) is 14.4. The Kier molecular flexibility index (Phi) is 6.86. The predicted molar refractivity (Wildman–Crippen MR) is 132 cm³/mol. The fourth-order valence-electron chi connectivity index (χ4n) is 4.11. The summed E-state index contributed by atoms with van der Waals surface area (Å²) in [5, 5.41) is 4.64. The standard InChI is InChI=1S/C26H30N4O4/c1-18-6-8-21(16-19(18)2)30-25(31)11-10-24(27-30)28-12-5-13-29(15-14-28)26(32)20-7-9-22(33-3)23(17-20)34-4/h6-11,16-17H,5,12-15H2,1-4H3. The summed E-state index contributed by atoms with van der Waals surface area (Å²) in [7, 11) is 3.13. The van der Waals surface area contributed by atoms with Crippen molar-refractivity contribution < 1.29 is 14.3 Å². The lowest BCUT2D eigenvalue weighted by molar-refractivity contribution is 0.0766. The molecule has 0 saturated carbocycles. The maximum atomic E-state index is 13.2. The highest BCUT2D eigenvalue weighted by Gasteiger charge is 2.22. The van der Waals surface area contributed by atoms with Crippen LogP contribution in [0.2, 0.25) is 0 Å². The van der Waals surface area contributed by atoms with E-state index >= 15 is 0 Å². The van der Waals surface area contributed by atoms with Gasteiger partial charge in [-0.1, -0.05) is 6.07 Å². The van der Waals surface area contributed by atoms with E-state index in [1.54, 1.807) is 44.6 Å². The molecule has 2 heterocycles. The van der Waals surface area contributed by atoms with Gasteiger partial charge in [-0.15, -0.1) is 5.10 Å². The largest absolute Gasteiger partial charge is 0.493 e. The first-order chi connectivity index (χ1) is 16.4. The summed E-state index contributed by atoms with van der Waals surface area (Å²) in [6.45, 7) is 6.62. The van der Waals surface area contributed by atoms with Gasteiger partial charge in [-0.25, -0.2) is 0 Å². The third-order valence-electron chi connectivity index (χ3n) is 6.26. The van der Waals surface area contributed by atoms with Crippen LogP contribution in [0.15, 0.2) is 53.3 Å². The molecule has 0 unspecified atom stereocenters. The van der Waals surface area contributed by atoms with E-state index in [2.05, 4.69) is 10.00 Å². The quantitative estimate of drug-likeness (QED) is 0.580. The summed E-state index contributed by atoms with van der Waals surface area (Å²) < 4.78 is 12.1. The van der Waals surface area contributed by atoms with Gasteiger partial charge in [0.1, 0.15) is 5.82 Å². The SMILES string of the molecule is COc1ccc(C(=O)N2CCCN(c3ccc(=O)n(-c4ccc(C)c(C)c4)n3)CC2)cc1OC. The highest BCUT2D eigenvalue weighted by molar-refractivity contribution is 5.95. The van der Waals surface area contributed by atoms with E-state index in [1.165, 1.54) is 10.2 Å². The van der Waals surface area contributed by atoms with Gasteiger partial charge in [0.15, 0.2) is 11.5 Å².